The summed E-state index contributed by atoms with van der Waals surface area (Å²) in [5.41, 5.74) is -0.0708. The van der Waals surface area contributed by atoms with Gasteiger partial charge in [-0.05, 0) is 79.8 Å². The molecule has 1 saturated carbocycles. The van der Waals surface area contributed by atoms with Crippen molar-refractivity contribution in [3.63, 3.8) is 0 Å². The van der Waals surface area contributed by atoms with Gasteiger partial charge >= 0.3 is 6.03 Å². The van der Waals surface area contributed by atoms with Crippen LogP contribution >= 0.6 is 0 Å². The zero-order chi connectivity index (χ0) is 31.0. The molecule has 3 aliphatic rings. The first kappa shape index (κ1) is 30.5. The quantitative estimate of drug-likeness (QED) is 0.351. The number of nitrogens with zero attached hydrogens (tertiary/aromatic N) is 4. The summed E-state index contributed by atoms with van der Waals surface area (Å²) < 4.78 is 70.5. The minimum atomic E-state index is -2.55. The van der Waals surface area contributed by atoms with Gasteiger partial charge in [0.2, 0.25) is 0 Å². The summed E-state index contributed by atoms with van der Waals surface area (Å²) in [5, 5.41) is 3.03. The van der Waals surface area contributed by atoms with Crippen molar-refractivity contribution in [1.82, 2.24) is 24.7 Å². The minimum absolute atomic E-state index is 0.0342. The Labute approximate surface area is 252 Å². The van der Waals surface area contributed by atoms with Crippen molar-refractivity contribution < 1.29 is 26.7 Å². The number of rotatable bonds is 6. The summed E-state index contributed by atoms with van der Waals surface area (Å²) in [6.07, 6.45) is 3.93. The lowest BCUT2D eigenvalue weighted by atomic mass is 9.69. The third-order valence-corrected chi connectivity index (χ3v) is 9.92. The smallest absolute Gasteiger partial charge is 0.320 e. The van der Waals surface area contributed by atoms with Crippen LogP contribution < -0.4 is 10.9 Å². The number of carbonyl (C=O) groups is 1. The first-order valence-corrected chi connectivity index (χ1v) is 15.3. The summed E-state index contributed by atoms with van der Waals surface area (Å²) in [5.74, 6) is -1.70. The number of likely N-dealkylation sites (tertiary alicyclic amines) is 2. The predicted octanol–water partition coefficient (Wildman–Crippen LogP) is 5.88. The van der Waals surface area contributed by atoms with Gasteiger partial charge in [0.25, 0.3) is 12.0 Å². The molecule has 3 heterocycles. The Morgan fingerprint density at radius 3 is 2.55 bits per heavy atom. The number of amides is 2. The van der Waals surface area contributed by atoms with Crippen molar-refractivity contribution in [2.75, 3.05) is 26.2 Å². The average molecular weight is 618 g/mol. The summed E-state index contributed by atoms with van der Waals surface area (Å²) in [6, 6.07) is 5.61. The number of benzene rings is 2. The van der Waals surface area contributed by atoms with Gasteiger partial charge in [-0.3, -0.25) is 9.36 Å². The van der Waals surface area contributed by atoms with E-state index in [9.17, 15) is 27.2 Å². The van der Waals surface area contributed by atoms with Crippen LogP contribution in [0.3, 0.4) is 0 Å². The topological polar surface area (TPSA) is 70.5 Å². The maximum absolute atomic E-state index is 15.0. The molecule has 6 rings (SSSR count). The highest BCUT2D eigenvalue weighted by Crippen LogP contribution is 2.49. The molecule has 2 aliphatic heterocycles. The number of aromatic nitrogens is 2. The molecular formula is C32H36F5N5O2. The lowest BCUT2D eigenvalue weighted by Gasteiger charge is -2.49. The zero-order valence-corrected chi connectivity index (χ0v) is 24.3. The van der Waals surface area contributed by atoms with Gasteiger partial charge in [-0.2, -0.15) is 0 Å². The summed E-state index contributed by atoms with van der Waals surface area (Å²) in [7, 11) is 0. The lowest BCUT2D eigenvalue weighted by Crippen LogP contribution is -2.57. The van der Waals surface area contributed by atoms with E-state index >= 15 is 4.39 Å². The van der Waals surface area contributed by atoms with Gasteiger partial charge in [-0.15, -0.1) is 0 Å². The van der Waals surface area contributed by atoms with Gasteiger partial charge in [0.15, 0.2) is 0 Å². The molecule has 3 atom stereocenters. The van der Waals surface area contributed by atoms with Crippen LogP contribution in [0.2, 0.25) is 0 Å². The van der Waals surface area contributed by atoms with Crippen molar-refractivity contribution >= 4 is 16.9 Å². The van der Waals surface area contributed by atoms with E-state index in [1.165, 1.54) is 24.5 Å². The van der Waals surface area contributed by atoms with Crippen LogP contribution in [0.15, 0.2) is 47.5 Å². The monoisotopic (exact) mass is 617 g/mol. The Balaban J connectivity index is 1.23. The third kappa shape index (κ3) is 6.05. The van der Waals surface area contributed by atoms with Crippen LogP contribution in [0.4, 0.5) is 26.7 Å². The highest BCUT2D eigenvalue weighted by Gasteiger charge is 2.48. The molecule has 0 bridgehead atoms. The van der Waals surface area contributed by atoms with E-state index in [4.69, 9.17) is 0 Å². The number of piperidine rings is 2. The minimum Gasteiger partial charge on any atom is -0.324 e. The number of halogens is 5. The number of urea groups is 1. The van der Waals surface area contributed by atoms with Crippen LogP contribution in [-0.4, -0.2) is 64.0 Å². The Bertz CT molecular complexity index is 1580. The Morgan fingerprint density at radius 1 is 1.02 bits per heavy atom. The molecule has 2 amide bonds. The molecule has 7 nitrogen and oxygen atoms in total. The molecular weight excluding hydrogens is 581 g/mol. The predicted molar refractivity (Wildman–Crippen MR) is 155 cm³/mol. The molecule has 3 aromatic rings. The third-order valence-electron chi connectivity index (χ3n) is 9.92. The Morgan fingerprint density at radius 2 is 1.77 bits per heavy atom. The molecule has 1 spiro atoms. The van der Waals surface area contributed by atoms with E-state index in [-0.39, 0.29) is 52.9 Å². The van der Waals surface area contributed by atoms with E-state index in [1.54, 1.807) is 14.4 Å². The van der Waals surface area contributed by atoms with E-state index < -0.39 is 36.5 Å². The maximum Gasteiger partial charge on any atom is 0.320 e. The first-order valence-electron chi connectivity index (χ1n) is 15.3. The van der Waals surface area contributed by atoms with Crippen molar-refractivity contribution in [3.8, 4) is 0 Å². The van der Waals surface area contributed by atoms with Crippen molar-refractivity contribution in [1.29, 1.82) is 0 Å². The molecule has 3 fully saturated rings. The molecule has 0 unspecified atom stereocenters. The summed E-state index contributed by atoms with van der Waals surface area (Å²) >= 11 is 0. The molecule has 1 aromatic heterocycles. The van der Waals surface area contributed by atoms with Crippen molar-refractivity contribution in [2.24, 2.45) is 11.3 Å². The Hall–Kier alpha value is -3.54. The molecule has 12 heteroatoms. The van der Waals surface area contributed by atoms with Crippen LogP contribution in [0.5, 0.6) is 0 Å². The van der Waals surface area contributed by atoms with Gasteiger partial charge in [0, 0.05) is 37.8 Å². The van der Waals surface area contributed by atoms with Crippen LogP contribution in [0, 0.1) is 28.8 Å². The molecule has 2 saturated heterocycles. The van der Waals surface area contributed by atoms with Crippen LogP contribution in [-0.2, 0) is 6.54 Å². The second-order valence-electron chi connectivity index (χ2n) is 12.5. The van der Waals surface area contributed by atoms with Crippen LogP contribution in [0.1, 0.15) is 56.6 Å². The standard InChI is InChI=1S/C32H36F5N5O2/c33-21-3-5-26(35)24(13-21)28-15-23(38-16-29(36)37)8-12-42(28)31(44)40-11-7-20(32(18-40)9-1-2-10-32)17-41-19-39-27-6-4-22(34)14-25(27)30(41)43/h3-6,13-14,19-20,23,28-29,38H,1-2,7-12,15-18H2/t20-,23+,28-/m0/s1. The van der Waals surface area contributed by atoms with E-state index in [0.717, 1.165) is 43.9 Å². The maximum atomic E-state index is 15.0. The first-order chi connectivity index (χ1) is 21.1. The molecule has 0 radical (unpaired) electrons. The SMILES string of the molecule is O=C(N1CC[C@@H](Cn2cnc3ccc(F)cc3c2=O)C2(CCCC2)C1)N1CC[C@@H](NCC(F)F)C[C@H]1c1cc(F)ccc1F. The normalized spacial score (nSPS) is 23.6. The fraction of sp³-hybridized carbons (Fsp3) is 0.531. The number of nitrogens with one attached hydrogen (secondary N) is 1. The van der Waals surface area contributed by atoms with E-state index in [2.05, 4.69) is 10.3 Å². The van der Waals surface area contributed by atoms with E-state index in [1.807, 2.05) is 0 Å². The average Bonchev–Trinajstić information content (AvgIpc) is 3.48. The van der Waals surface area contributed by atoms with Gasteiger partial charge in [0.05, 0.1) is 29.8 Å². The van der Waals surface area contributed by atoms with Gasteiger partial charge in [0.1, 0.15) is 17.5 Å². The zero-order valence-electron chi connectivity index (χ0n) is 24.3. The lowest BCUT2D eigenvalue weighted by molar-refractivity contribution is 0.0199. The fourth-order valence-electron chi connectivity index (χ4n) is 7.68. The van der Waals surface area contributed by atoms with Crippen LogP contribution in [0.25, 0.3) is 10.9 Å². The number of hydrogen-bond donors (Lipinski definition) is 1. The summed E-state index contributed by atoms with van der Waals surface area (Å²) in [4.78, 5) is 35.1. The summed E-state index contributed by atoms with van der Waals surface area (Å²) in [6.45, 7) is 0.971. The molecule has 1 N–H and O–H groups in total. The second-order valence-corrected chi connectivity index (χ2v) is 12.5. The number of alkyl halides is 2. The largest absolute Gasteiger partial charge is 0.324 e. The van der Waals surface area contributed by atoms with Gasteiger partial charge in [-0.25, -0.2) is 31.7 Å². The van der Waals surface area contributed by atoms with Crippen molar-refractivity contribution in [3.05, 3.63) is 76.1 Å². The Kier molecular flexibility index (Phi) is 8.63. The molecule has 1 aliphatic carbocycles. The highest BCUT2D eigenvalue weighted by atomic mass is 19.3. The highest BCUT2D eigenvalue weighted by molar-refractivity contribution is 5.77. The number of hydrogen-bond acceptors (Lipinski definition) is 4. The molecule has 2 aromatic carbocycles. The fourth-order valence-corrected chi connectivity index (χ4v) is 7.68. The molecule has 236 valence electrons. The van der Waals surface area contributed by atoms with E-state index in [0.29, 0.717) is 38.0 Å². The van der Waals surface area contributed by atoms with Crippen molar-refractivity contribution in [2.45, 2.75) is 70.0 Å². The molecule has 44 heavy (non-hydrogen) atoms. The van der Waals surface area contributed by atoms with Gasteiger partial charge in [-0.1, -0.05) is 12.8 Å². The second kappa shape index (κ2) is 12.5. The number of fused-ring (bicyclic) bond motifs is 1. The number of carbonyl (C=O) groups excluding carboxylic acids is 1. The van der Waals surface area contributed by atoms with Gasteiger partial charge < -0.3 is 15.1 Å².